The van der Waals surface area contributed by atoms with Crippen LogP contribution in [0.25, 0.3) is 17.1 Å². The number of aromatic amines is 1. The van der Waals surface area contributed by atoms with Crippen LogP contribution in [0.2, 0.25) is 0 Å². The van der Waals surface area contributed by atoms with Gasteiger partial charge in [-0.25, -0.2) is 0 Å². The fourth-order valence-corrected chi connectivity index (χ4v) is 3.65. The van der Waals surface area contributed by atoms with Gasteiger partial charge in [-0.15, -0.1) is 12.4 Å². The third-order valence-electron chi connectivity index (χ3n) is 5.18. The summed E-state index contributed by atoms with van der Waals surface area (Å²) in [6, 6.07) is 11.3. The smallest absolute Gasteiger partial charge is 0.200 e. The number of rotatable bonds is 7. The monoisotopic (exact) mass is 448 g/mol. The van der Waals surface area contributed by atoms with Crippen molar-refractivity contribution >= 4 is 24.6 Å². The number of phenols is 2. The summed E-state index contributed by atoms with van der Waals surface area (Å²) in [4.78, 5) is 2.35. The number of hydrogen-bond acceptors (Lipinski definition) is 5. The summed E-state index contributed by atoms with van der Waals surface area (Å²) in [5.41, 5.74) is 3.35. The molecule has 0 atom stereocenters. The van der Waals surface area contributed by atoms with Gasteiger partial charge < -0.3 is 10.2 Å². The van der Waals surface area contributed by atoms with Crippen molar-refractivity contribution in [1.82, 2.24) is 19.7 Å². The van der Waals surface area contributed by atoms with E-state index >= 15 is 0 Å². The summed E-state index contributed by atoms with van der Waals surface area (Å²) in [6.07, 6.45) is 0. The first-order chi connectivity index (χ1) is 13.8. The van der Waals surface area contributed by atoms with Crippen molar-refractivity contribution < 1.29 is 10.2 Å². The maximum atomic E-state index is 10.5. The Balaban J connectivity index is 0.00000320. The maximum absolute atomic E-state index is 10.5. The van der Waals surface area contributed by atoms with Gasteiger partial charge in [0, 0.05) is 18.3 Å². The molecule has 0 radical (unpaired) electrons. The fraction of sp³-hybridized carbons (Fsp3) is 0.364. The second-order valence-electron chi connectivity index (χ2n) is 7.40. The zero-order chi connectivity index (χ0) is 21.1. The van der Waals surface area contributed by atoms with Crippen molar-refractivity contribution in [1.29, 1.82) is 0 Å². The Hall–Kier alpha value is -2.35. The second-order valence-corrected chi connectivity index (χ2v) is 7.79. The number of nitrogens with one attached hydrogen (secondary N) is 1. The van der Waals surface area contributed by atoms with Crippen LogP contribution in [0.4, 0.5) is 0 Å². The standard InChI is InChI=1S/C22H28N4O2S.ClH/c1-5-25(6-2)13-15-7-9-16(10-8-15)26-21(23-24-22(26)29)18-11-17(14(3)4)19(27)12-20(18)28;/h7-12,14,27-28H,5-6,13H2,1-4H3,(H,24,29);1H. The Labute approximate surface area is 188 Å². The minimum atomic E-state index is -0.0414. The molecule has 0 fully saturated rings. The zero-order valence-corrected chi connectivity index (χ0v) is 19.3. The second kappa shape index (κ2) is 10.1. The third-order valence-corrected chi connectivity index (χ3v) is 5.45. The molecule has 6 nitrogen and oxygen atoms in total. The summed E-state index contributed by atoms with van der Waals surface area (Å²) in [6.45, 7) is 11.2. The summed E-state index contributed by atoms with van der Waals surface area (Å²) in [5.74, 6) is 0.637. The Bertz CT molecular complexity index is 1040. The van der Waals surface area contributed by atoms with Crippen molar-refractivity contribution in [3.8, 4) is 28.6 Å². The van der Waals surface area contributed by atoms with Crippen molar-refractivity contribution in [2.45, 2.75) is 40.2 Å². The van der Waals surface area contributed by atoms with Gasteiger partial charge in [-0.2, -0.15) is 5.10 Å². The molecule has 3 N–H and O–H groups in total. The SMILES string of the molecule is CCN(CC)Cc1ccc(-n2c(-c3cc(C(C)C)c(O)cc3O)n[nH]c2=S)cc1.Cl. The number of aromatic hydroxyl groups is 2. The highest BCUT2D eigenvalue weighted by Crippen LogP contribution is 2.37. The van der Waals surface area contributed by atoms with E-state index in [2.05, 4.69) is 41.1 Å². The van der Waals surface area contributed by atoms with E-state index < -0.39 is 0 Å². The molecule has 8 heteroatoms. The van der Waals surface area contributed by atoms with Gasteiger partial charge in [0.25, 0.3) is 0 Å². The van der Waals surface area contributed by atoms with Gasteiger partial charge in [0.15, 0.2) is 10.6 Å². The van der Waals surface area contributed by atoms with Gasteiger partial charge in [-0.3, -0.25) is 14.6 Å². The van der Waals surface area contributed by atoms with E-state index in [-0.39, 0.29) is 29.8 Å². The van der Waals surface area contributed by atoms with Crippen LogP contribution in [0.1, 0.15) is 44.7 Å². The normalized spacial score (nSPS) is 11.1. The molecule has 0 spiro atoms. The lowest BCUT2D eigenvalue weighted by Crippen LogP contribution is -2.22. The molecule has 0 aliphatic heterocycles. The minimum absolute atomic E-state index is 0. The molecule has 0 bridgehead atoms. The molecule has 162 valence electrons. The molecular weight excluding hydrogens is 420 g/mol. The number of phenolic OH excluding ortho intramolecular Hbond substituents is 2. The van der Waals surface area contributed by atoms with Crippen LogP contribution in [0.15, 0.2) is 36.4 Å². The number of hydrogen-bond donors (Lipinski definition) is 3. The topological polar surface area (TPSA) is 77.3 Å². The summed E-state index contributed by atoms with van der Waals surface area (Å²) in [7, 11) is 0. The Kier molecular flexibility index (Phi) is 8.06. The van der Waals surface area contributed by atoms with Crippen molar-refractivity contribution in [2.75, 3.05) is 13.1 Å². The predicted octanol–water partition coefficient (Wildman–Crippen LogP) is 5.40. The summed E-state index contributed by atoms with van der Waals surface area (Å²) in [5, 5.41) is 27.8. The van der Waals surface area contributed by atoms with Gasteiger partial charge >= 0.3 is 0 Å². The molecular formula is C22H29ClN4O2S. The first-order valence-electron chi connectivity index (χ1n) is 9.91. The fourth-order valence-electron chi connectivity index (χ4n) is 3.41. The van der Waals surface area contributed by atoms with E-state index in [9.17, 15) is 10.2 Å². The molecule has 3 rings (SSSR count). The highest BCUT2D eigenvalue weighted by atomic mass is 35.5. The van der Waals surface area contributed by atoms with Crippen molar-refractivity contribution in [3.63, 3.8) is 0 Å². The highest BCUT2D eigenvalue weighted by Gasteiger charge is 2.18. The molecule has 0 unspecified atom stereocenters. The molecule has 0 saturated carbocycles. The molecule has 0 aliphatic carbocycles. The zero-order valence-electron chi connectivity index (χ0n) is 17.7. The van der Waals surface area contributed by atoms with Crippen molar-refractivity contribution in [3.05, 3.63) is 52.3 Å². The van der Waals surface area contributed by atoms with Crippen molar-refractivity contribution in [2.24, 2.45) is 0 Å². The van der Waals surface area contributed by atoms with Crippen LogP contribution in [0.3, 0.4) is 0 Å². The largest absolute Gasteiger partial charge is 0.508 e. The molecule has 1 aromatic heterocycles. The van der Waals surface area contributed by atoms with Gasteiger partial charge in [-0.1, -0.05) is 39.8 Å². The first-order valence-corrected chi connectivity index (χ1v) is 10.3. The molecule has 0 aliphatic rings. The molecule has 2 aromatic carbocycles. The first kappa shape index (κ1) is 23.9. The number of H-pyrrole nitrogens is 1. The molecule has 0 saturated heterocycles. The quantitative estimate of drug-likeness (QED) is 0.422. The average Bonchev–Trinajstić information content (AvgIpc) is 3.07. The molecule has 3 aromatic rings. The lowest BCUT2D eigenvalue weighted by molar-refractivity contribution is 0.296. The Morgan fingerprint density at radius 3 is 2.27 bits per heavy atom. The number of halogens is 1. The Morgan fingerprint density at radius 2 is 1.70 bits per heavy atom. The van der Waals surface area contributed by atoms with E-state index in [4.69, 9.17) is 12.2 Å². The minimum Gasteiger partial charge on any atom is -0.508 e. The van der Waals surface area contributed by atoms with Gasteiger partial charge in [0.2, 0.25) is 0 Å². The van der Waals surface area contributed by atoms with Crippen LogP contribution in [-0.4, -0.2) is 43.0 Å². The van der Waals surface area contributed by atoms with E-state index in [0.29, 0.717) is 16.2 Å². The number of nitrogens with zero attached hydrogens (tertiary/aromatic N) is 3. The van der Waals surface area contributed by atoms with E-state index in [0.717, 1.165) is 30.9 Å². The van der Waals surface area contributed by atoms with E-state index in [1.807, 2.05) is 26.0 Å². The number of aromatic nitrogens is 3. The molecule has 30 heavy (non-hydrogen) atoms. The van der Waals surface area contributed by atoms with Crippen LogP contribution < -0.4 is 0 Å². The van der Waals surface area contributed by atoms with Gasteiger partial charge in [0.05, 0.1) is 5.56 Å². The third kappa shape index (κ3) is 4.86. The summed E-state index contributed by atoms with van der Waals surface area (Å²) < 4.78 is 2.24. The van der Waals surface area contributed by atoms with E-state index in [1.165, 1.54) is 11.6 Å². The Morgan fingerprint density at radius 1 is 1.07 bits per heavy atom. The van der Waals surface area contributed by atoms with Gasteiger partial charge in [0.1, 0.15) is 11.5 Å². The van der Waals surface area contributed by atoms with E-state index in [1.54, 1.807) is 10.6 Å². The molecule has 0 amide bonds. The van der Waals surface area contributed by atoms with Crippen LogP contribution in [0, 0.1) is 4.77 Å². The van der Waals surface area contributed by atoms with Crippen LogP contribution in [0.5, 0.6) is 11.5 Å². The molecule has 1 heterocycles. The van der Waals surface area contributed by atoms with Gasteiger partial charge in [-0.05, 0) is 60.6 Å². The summed E-state index contributed by atoms with van der Waals surface area (Å²) >= 11 is 5.45. The lowest BCUT2D eigenvalue weighted by Gasteiger charge is -2.18. The van der Waals surface area contributed by atoms with Crippen LogP contribution >= 0.6 is 24.6 Å². The van der Waals surface area contributed by atoms with Crippen LogP contribution in [-0.2, 0) is 6.54 Å². The maximum Gasteiger partial charge on any atom is 0.200 e. The highest BCUT2D eigenvalue weighted by molar-refractivity contribution is 7.71. The average molecular weight is 449 g/mol. The number of benzene rings is 2. The lowest BCUT2D eigenvalue weighted by atomic mass is 9.98. The predicted molar refractivity (Wildman–Crippen MR) is 125 cm³/mol.